The zero-order valence-corrected chi connectivity index (χ0v) is 61.3. The summed E-state index contributed by atoms with van der Waals surface area (Å²) < 4.78 is 68.3. The molecule has 542 valence electrons. The van der Waals surface area contributed by atoms with Gasteiger partial charge in [-0.2, -0.15) is 0 Å². The third-order valence-electron chi connectivity index (χ3n) is 16.6. The van der Waals surface area contributed by atoms with Crippen LogP contribution in [-0.2, 0) is 65.4 Å². The van der Waals surface area contributed by atoms with E-state index in [2.05, 4.69) is 72.8 Å². The fraction of sp³-hybridized carbons (Fsp3) is 0.890. The smallest absolute Gasteiger partial charge is 0.462 e. The molecule has 92 heavy (non-hydrogen) atoms. The van der Waals surface area contributed by atoms with Gasteiger partial charge in [-0.05, 0) is 69.1 Å². The minimum Gasteiger partial charge on any atom is -0.462 e. The number of hydrogen-bond donors (Lipinski definition) is 3. The second kappa shape index (κ2) is 63.3. The number of esters is 4. The van der Waals surface area contributed by atoms with E-state index in [4.69, 9.17) is 37.0 Å². The summed E-state index contributed by atoms with van der Waals surface area (Å²) in [5.74, 6) is 0.0627. The highest BCUT2D eigenvalue weighted by Crippen LogP contribution is 2.45. The van der Waals surface area contributed by atoms with Gasteiger partial charge in [0, 0.05) is 25.7 Å². The molecule has 0 aliphatic rings. The van der Waals surface area contributed by atoms with Gasteiger partial charge in [-0.3, -0.25) is 37.3 Å². The van der Waals surface area contributed by atoms with Crippen LogP contribution in [0.3, 0.4) is 0 Å². The Morgan fingerprint density at radius 3 is 0.967 bits per heavy atom. The fourth-order valence-electron chi connectivity index (χ4n) is 10.5. The topological polar surface area (TPSA) is 237 Å². The summed E-state index contributed by atoms with van der Waals surface area (Å²) in [5.41, 5.74) is 0. The van der Waals surface area contributed by atoms with Crippen LogP contribution in [0.2, 0.25) is 0 Å². The molecular formula is C73H138O17P2. The van der Waals surface area contributed by atoms with E-state index >= 15 is 0 Å². The van der Waals surface area contributed by atoms with Crippen molar-refractivity contribution in [3.05, 3.63) is 24.3 Å². The molecule has 6 atom stereocenters. The van der Waals surface area contributed by atoms with Gasteiger partial charge in [0.1, 0.15) is 19.3 Å². The Balaban J connectivity index is 5.24. The average Bonchev–Trinajstić information content (AvgIpc) is 1.56. The van der Waals surface area contributed by atoms with Crippen molar-refractivity contribution < 1.29 is 80.2 Å². The van der Waals surface area contributed by atoms with Gasteiger partial charge in [0.25, 0.3) is 0 Å². The van der Waals surface area contributed by atoms with Crippen LogP contribution < -0.4 is 0 Å². The number of unbranched alkanes of at least 4 members (excludes halogenated alkanes) is 33. The maximum Gasteiger partial charge on any atom is 0.472 e. The summed E-state index contributed by atoms with van der Waals surface area (Å²) in [6.07, 6.45) is 50.9. The molecule has 0 rings (SSSR count). The number of carbonyl (C=O) groups excluding carboxylic acids is 4. The van der Waals surface area contributed by atoms with E-state index in [0.717, 1.165) is 121 Å². The number of hydrogen-bond acceptors (Lipinski definition) is 15. The third kappa shape index (κ3) is 64.9. The lowest BCUT2D eigenvalue weighted by molar-refractivity contribution is -0.161. The van der Waals surface area contributed by atoms with Gasteiger partial charge in [-0.15, -0.1) is 0 Å². The van der Waals surface area contributed by atoms with E-state index < -0.39 is 97.5 Å². The van der Waals surface area contributed by atoms with E-state index in [-0.39, 0.29) is 25.7 Å². The maximum absolute atomic E-state index is 13.0. The van der Waals surface area contributed by atoms with Gasteiger partial charge in [0.15, 0.2) is 12.2 Å². The lowest BCUT2D eigenvalue weighted by Gasteiger charge is -2.21. The molecule has 3 unspecified atom stereocenters. The number of phosphoric ester groups is 2. The largest absolute Gasteiger partial charge is 0.472 e. The van der Waals surface area contributed by atoms with Crippen LogP contribution in [0, 0.1) is 17.8 Å². The van der Waals surface area contributed by atoms with Crippen LogP contribution in [-0.4, -0.2) is 96.7 Å². The molecule has 0 aromatic rings. The first-order valence-electron chi connectivity index (χ1n) is 37.2. The van der Waals surface area contributed by atoms with Crippen molar-refractivity contribution in [3.63, 3.8) is 0 Å². The molecule has 0 radical (unpaired) electrons. The number of ether oxygens (including phenoxy) is 4. The molecule has 3 N–H and O–H groups in total. The average molecular weight is 1350 g/mol. The van der Waals surface area contributed by atoms with Gasteiger partial charge in [-0.25, -0.2) is 9.13 Å². The predicted molar refractivity (Wildman–Crippen MR) is 372 cm³/mol. The van der Waals surface area contributed by atoms with E-state index in [9.17, 15) is 43.2 Å². The van der Waals surface area contributed by atoms with E-state index in [0.29, 0.717) is 31.6 Å². The molecule has 17 nitrogen and oxygen atoms in total. The molecular weight excluding hydrogens is 1210 g/mol. The second-order valence-electron chi connectivity index (χ2n) is 26.8. The SMILES string of the molecule is CCCCCC/C=C\C=C/CCCCCCCC(=O)O[C@H](COC(=O)CCCCCCCCC(C)CC)COP(=O)(O)OC[C@H](O)COP(=O)(O)OC[C@@H](COC(=O)CCCCCCCCCCCCCCCCC(C)C)OC(=O)CCCCCCCCCC(C)C. The van der Waals surface area contributed by atoms with E-state index in [1.54, 1.807) is 0 Å². The summed E-state index contributed by atoms with van der Waals surface area (Å²) in [7, 11) is -9.92. The Morgan fingerprint density at radius 2 is 0.641 bits per heavy atom. The van der Waals surface area contributed by atoms with E-state index in [1.807, 2.05) is 0 Å². The predicted octanol–water partition coefficient (Wildman–Crippen LogP) is 20.6. The van der Waals surface area contributed by atoms with Crippen LogP contribution in [0.1, 0.15) is 344 Å². The molecule has 0 aromatic heterocycles. The second-order valence-corrected chi connectivity index (χ2v) is 29.7. The van der Waals surface area contributed by atoms with Crippen molar-refractivity contribution in [1.29, 1.82) is 0 Å². The first-order valence-corrected chi connectivity index (χ1v) is 40.2. The first-order chi connectivity index (χ1) is 44.3. The molecule has 0 saturated carbocycles. The van der Waals surface area contributed by atoms with Crippen LogP contribution in [0.15, 0.2) is 24.3 Å². The van der Waals surface area contributed by atoms with Crippen molar-refractivity contribution >= 4 is 39.5 Å². The summed E-state index contributed by atoms with van der Waals surface area (Å²) in [6, 6.07) is 0. The highest BCUT2D eigenvalue weighted by molar-refractivity contribution is 7.47. The highest BCUT2D eigenvalue weighted by atomic mass is 31.2. The maximum atomic E-state index is 13.0. The number of phosphoric acid groups is 2. The Hall–Kier alpha value is -2.46. The van der Waals surface area contributed by atoms with Crippen LogP contribution in [0.5, 0.6) is 0 Å². The summed E-state index contributed by atoms with van der Waals surface area (Å²) in [5, 5.41) is 10.6. The zero-order chi connectivity index (χ0) is 68.0. The molecule has 0 saturated heterocycles. The highest BCUT2D eigenvalue weighted by Gasteiger charge is 2.30. The van der Waals surface area contributed by atoms with Gasteiger partial charge in [0.05, 0.1) is 26.4 Å². The van der Waals surface area contributed by atoms with Crippen molar-refractivity contribution in [1.82, 2.24) is 0 Å². The first kappa shape index (κ1) is 89.5. The van der Waals surface area contributed by atoms with Gasteiger partial charge in [-0.1, -0.05) is 291 Å². The van der Waals surface area contributed by atoms with Crippen molar-refractivity contribution in [2.75, 3.05) is 39.6 Å². The summed E-state index contributed by atoms with van der Waals surface area (Å²) >= 11 is 0. The van der Waals surface area contributed by atoms with Crippen molar-refractivity contribution in [2.24, 2.45) is 17.8 Å². The molecule has 0 heterocycles. The van der Waals surface area contributed by atoms with Crippen molar-refractivity contribution in [2.45, 2.75) is 362 Å². The summed E-state index contributed by atoms with van der Waals surface area (Å²) in [4.78, 5) is 72.6. The lowest BCUT2D eigenvalue weighted by atomic mass is 10.00. The number of aliphatic hydroxyl groups excluding tert-OH is 1. The van der Waals surface area contributed by atoms with E-state index in [1.165, 1.54) is 135 Å². The Labute approximate surface area is 561 Å². The van der Waals surface area contributed by atoms with Crippen LogP contribution in [0.25, 0.3) is 0 Å². The normalized spacial score (nSPS) is 14.6. The number of aliphatic hydroxyl groups is 1. The number of rotatable bonds is 69. The number of carbonyl (C=O) groups is 4. The minimum absolute atomic E-state index is 0.0837. The Morgan fingerprint density at radius 1 is 0.359 bits per heavy atom. The lowest BCUT2D eigenvalue weighted by Crippen LogP contribution is -2.30. The minimum atomic E-state index is -4.96. The van der Waals surface area contributed by atoms with Gasteiger partial charge < -0.3 is 33.8 Å². The Kier molecular flexibility index (Phi) is 61.6. The Bertz CT molecular complexity index is 1900. The monoisotopic (exact) mass is 1350 g/mol. The number of allylic oxidation sites excluding steroid dienone is 4. The molecule has 0 fully saturated rings. The van der Waals surface area contributed by atoms with Gasteiger partial charge in [0.2, 0.25) is 0 Å². The molecule has 0 aliphatic carbocycles. The fourth-order valence-corrected chi connectivity index (χ4v) is 12.1. The zero-order valence-electron chi connectivity index (χ0n) is 59.5. The van der Waals surface area contributed by atoms with Crippen molar-refractivity contribution in [3.8, 4) is 0 Å². The van der Waals surface area contributed by atoms with Crippen LogP contribution in [0.4, 0.5) is 0 Å². The standard InChI is InChI=1S/C73H138O17P2/c1-8-10-11-12-13-14-15-16-17-22-25-28-33-42-49-56-72(77)89-69(61-84-71(76)55-48-41-36-35-39-46-53-66(7)9-2)63-88-92(81,82)86-59-67(74)58-85-91(79,80)87-62-68(90-73(78)57-50-43-34-29-31-38-45-52-65(5)6)60-83-70(75)54-47-40-32-27-24-21-19-18-20-23-26-30-37-44-51-64(3)4/h14-17,64-69,74H,8-13,18-63H2,1-7H3,(H,79,80)(H,81,82)/b15-14-,17-16-/t66?,67-,68-,69-/m1/s1. The third-order valence-corrected chi connectivity index (χ3v) is 18.5. The molecule has 0 aliphatic heterocycles. The molecule has 0 aromatic carbocycles. The van der Waals surface area contributed by atoms with Gasteiger partial charge >= 0.3 is 39.5 Å². The van der Waals surface area contributed by atoms with Crippen LogP contribution >= 0.6 is 15.6 Å². The molecule has 19 heteroatoms. The quantitative estimate of drug-likeness (QED) is 0.0169. The molecule has 0 amide bonds. The summed E-state index contributed by atoms with van der Waals surface area (Å²) in [6.45, 7) is 11.7. The molecule has 0 spiro atoms. The molecule has 0 bridgehead atoms.